The first kappa shape index (κ1) is 17.5. The standard InChI is InChI=1S/C20H14N4O4S/c25-20(18-9-12-3-1-2-4-17(12)28-18)21-19-15-10-29-11-16(15)22-23(19)13-5-7-14(8-6-13)24(26)27/h1-9H,10-11H2,(H,21,25). The lowest BCUT2D eigenvalue weighted by Gasteiger charge is -2.10. The summed E-state index contributed by atoms with van der Waals surface area (Å²) in [6, 6.07) is 15.2. The average Bonchev–Trinajstić information content (AvgIpc) is 3.43. The maximum absolute atomic E-state index is 12.9. The molecule has 2 aromatic heterocycles. The monoisotopic (exact) mass is 406 g/mol. The predicted molar refractivity (Wildman–Crippen MR) is 109 cm³/mol. The molecule has 1 N–H and O–H groups in total. The molecule has 0 unspecified atom stereocenters. The van der Waals surface area contributed by atoms with E-state index >= 15 is 0 Å². The first-order chi connectivity index (χ1) is 14.1. The maximum atomic E-state index is 12.9. The van der Waals surface area contributed by atoms with Gasteiger partial charge in [0.25, 0.3) is 11.6 Å². The normalized spacial score (nSPS) is 12.8. The second-order valence-corrected chi connectivity index (χ2v) is 7.54. The number of fused-ring (bicyclic) bond motifs is 2. The highest BCUT2D eigenvalue weighted by atomic mass is 32.2. The van der Waals surface area contributed by atoms with E-state index in [1.165, 1.54) is 12.1 Å². The van der Waals surface area contributed by atoms with Gasteiger partial charge in [-0.1, -0.05) is 18.2 Å². The first-order valence-electron chi connectivity index (χ1n) is 8.83. The minimum Gasteiger partial charge on any atom is -0.451 e. The predicted octanol–water partition coefficient (Wildman–Crippen LogP) is 4.53. The molecule has 0 spiro atoms. The quantitative estimate of drug-likeness (QED) is 0.395. The van der Waals surface area contributed by atoms with E-state index in [0.29, 0.717) is 17.1 Å². The van der Waals surface area contributed by atoms with E-state index in [1.807, 2.05) is 24.3 Å². The van der Waals surface area contributed by atoms with E-state index in [-0.39, 0.29) is 17.4 Å². The van der Waals surface area contributed by atoms with E-state index in [1.54, 1.807) is 34.6 Å². The van der Waals surface area contributed by atoms with Gasteiger partial charge in [0.15, 0.2) is 5.76 Å². The van der Waals surface area contributed by atoms with Crippen molar-refractivity contribution in [3.8, 4) is 5.69 Å². The molecule has 0 saturated carbocycles. The van der Waals surface area contributed by atoms with Crippen molar-refractivity contribution in [3.63, 3.8) is 0 Å². The molecular formula is C20H14N4O4S. The molecule has 5 rings (SSSR count). The fourth-order valence-corrected chi connectivity index (χ4v) is 4.34. The van der Waals surface area contributed by atoms with E-state index in [0.717, 1.165) is 28.1 Å². The summed E-state index contributed by atoms with van der Waals surface area (Å²) in [7, 11) is 0. The molecule has 0 aliphatic carbocycles. The average molecular weight is 406 g/mol. The van der Waals surface area contributed by atoms with Crippen molar-refractivity contribution in [1.29, 1.82) is 0 Å². The number of thioether (sulfide) groups is 1. The van der Waals surface area contributed by atoms with Gasteiger partial charge in [-0.15, -0.1) is 0 Å². The van der Waals surface area contributed by atoms with E-state index < -0.39 is 4.92 Å². The molecule has 0 radical (unpaired) electrons. The van der Waals surface area contributed by atoms with Crippen LogP contribution in [-0.2, 0) is 11.5 Å². The minimum atomic E-state index is -0.451. The SMILES string of the molecule is O=C(Nc1c2c(nn1-c1ccc([N+](=O)[O-])cc1)CSC2)c1cc2ccccc2o1. The van der Waals surface area contributed by atoms with Crippen molar-refractivity contribution in [2.45, 2.75) is 11.5 Å². The summed E-state index contributed by atoms with van der Waals surface area (Å²) >= 11 is 1.72. The van der Waals surface area contributed by atoms with Gasteiger partial charge in [-0.25, -0.2) is 4.68 Å². The molecule has 1 aliphatic rings. The van der Waals surface area contributed by atoms with E-state index in [2.05, 4.69) is 10.4 Å². The van der Waals surface area contributed by atoms with Crippen LogP contribution < -0.4 is 5.32 Å². The Morgan fingerprint density at radius 1 is 1.17 bits per heavy atom. The molecule has 0 bridgehead atoms. The van der Waals surface area contributed by atoms with Crippen LogP contribution in [-0.4, -0.2) is 20.6 Å². The van der Waals surface area contributed by atoms with Gasteiger partial charge in [-0.05, 0) is 24.3 Å². The maximum Gasteiger partial charge on any atom is 0.292 e. The molecule has 8 nitrogen and oxygen atoms in total. The fourth-order valence-electron chi connectivity index (χ4n) is 3.31. The number of amides is 1. The second kappa shape index (κ2) is 6.78. The first-order valence-corrected chi connectivity index (χ1v) is 9.99. The number of benzene rings is 2. The smallest absolute Gasteiger partial charge is 0.292 e. The zero-order chi connectivity index (χ0) is 20.0. The Bertz CT molecular complexity index is 1230. The Morgan fingerprint density at radius 3 is 2.72 bits per heavy atom. The van der Waals surface area contributed by atoms with Gasteiger partial charge in [0.2, 0.25) is 0 Å². The molecule has 0 fully saturated rings. The minimum absolute atomic E-state index is 0.00290. The molecule has 3 heterocycles. The number of nitro groups is 1. The number of nitrogens with one attached hydrogen (secondary N) is 1. The van der Waals surface area contributed by atoms with Crippen molar-refractivity contribution in [3.05, 3.63) is 81.7 Å². The van der Waals surface area contributed by atoms with E-state index in [9.17, 15) is 14.9 Å². The van der Waals surface area contributed by atoms with Crippen molar-refractivity contribution in [2.24, 2.45) is 0 Å². The van der Waals surface area contributed by atoms with Gasteiger partial charge in [0.1, 0.15) is 11.4 Å². The number of anilines is 1. The van der Waals surface area contributed by atoms with Gasteiger partial charge < -0.3 is 9.73 Å². The van der Waals surface area contributed by atoms with Crippen LogP contribution >= 0.6 is 11.8 Å². The Balaban J connectivity index is 1.52. The summed E-state index contributed by atoms with van der Waals surface area (Å²) in [4.78, 5) is 23.3. The molecule has 1 amide bonds. The van der Waals surface area contributed by atoms with Crippen LogP contribution in [0.15, 0.2) is 59.0 Å². The van der Waals surface area contributed by atoms with Crippen LogP contribution in [0.25, 0.3) is 16.7 Å². The summed E-state index contributed by atoms with van der Waals surface area (Å²) in [5, 5.41) is 19.3. The molecule has 4 aromatic rings. The van der Waals surface area contributed by atoms with Gasteiger partial charge in [-0.3, -0.25) is 14.9 Å². The van der Waals surface area contributed by atoms with Gasteiger partial charge >= 0.3 is 0 Å². The molecule has 0 atom stereocenters. The van der Waals surface area contributed by atoms with Crippen LogP contribution in [0.1, 0.15) is 21.8 Å². The van der Waals surface area contributed by atoms with Gasteiger partial charge in [0, 0.05) is 34.6 Å². The molecule has 29 heavy (non-hydrogen) atoms. The van der Waals surface area contributed by atoms with E-state index in [4.69, 9.17) is 4.42 Å². The molecule has 2 aromatic carbocycles. The summed E-state index contributed by atoms with van der Waals surface area (Å²) in [5.41, 5.74) is 3.13. The Labute approximate surface area is 168 Å². The lowest BCUT2D eigenvalue weighted by Crippen LogP contribution is -2.15. The van der Waals surface area contributed by atoms with Crippen molar-refractivity contribution >= 4 is 40.1 Å². The number of hydrogen-bond acceptors (Lipinski definition) is 6. The third-order valence-electron chi connectivity index (χ3n) is 4.74. The molecule has 0 saturated heterocycles. The lowest BCUT2D eigenvalue weighted by molar-refractivity contribution is -0.384. The molecule has 9 heteroatoms. The van der Waals surface area contributed by atoms with Crippen molar-refractivity contribution in [2.75, 3.05) is 5.32 Å². The number of nitrogens with zero attached hydrogens (tertiary/aromatic N) is 3. The molecular weight excluding hydrogens is 392 g/mol. The highest BCUT2D eigenvalue weighted by Crippen LogP contribution is 2.36. The Kier molecular flexibility index (Phi) is 4.09. The van der Waals surface area contributed by atoms with Crippen LogP contribution in [0.3, 0.4) is 0 Å². The van der Waals surface area contributed by atoms with Gasteiger partial charge in [0.05, 0.1) is 16.3 Å². The zero-order valence-corrected chi connectivity index (χ0v) is 15.8. The van der Waals surface area contributed by atoms with Crippen molar-refractivity contribution in [1.82, 2.24) is 9.78 Å². The summed E-state index contributed by atoms with van der Waals surface area (Å²) in [5.74, 6) is 1.89. The number of carbonyl (C=O) groups is 1. The van der Waals surface area contributed by atoms with Crippen LogP contribution in [0.2, 0.25) is 0 Å². The largest absolute Gasteiger partial charge is 0.451 e. The lowest BCUT2D eigenvalue weighted by atomic mass is 10.2. The number of carbonyl (C=O) groups excluding carboxylic acids is 1. The number of hydrogen-bond donors (Lipinski definition) is 1. The summed E-state index contributed by atoms with van der Waals surface area (Å²) in [6.45, 7) is 0. The fraction of sp³-hybridized carbons (Fsp3) is 0.100. The third-order valence-corrected chi connectivity index (χ3v) is 5.71. The highest BCUT2D eigenvalue weighted by Gasteiger charge is 2.26. The number of rotatable bonds is 4. The highest BCUT2D eigenvalue weighted by molar-refractivity contribution is 7.98. The van der Waals surface area contributed by atoms with Crippen LogP contribution in [0, 0.1) is 10.1 Å². The molecule has 1 aliphatic heterocycles. The topological polar surface area (TPSA) is 103 Å². The van der Waals surface area contributed by atoms with Crippen LogP contribution in [0.4, 0.5) is 11.5 Å². The summed E-state index contributed by atoms with van der Waals surface area (Å²) < 4.78 is 7.28. The second-order valence-electron chi connectivity index (χ2n) is 6.55. The van der Waals surface area contributed by atoms with Crippen LogP contribution in [0.5, 0.6) is 0 Å². The Morgan fingerprint density at radius 2 is 1.97 bits per heavy atom. The number of furan rings is 1. The summed E-state index contributed by atoms with van der Waals surface area (Å²) in [6.07, 6.45) is 0. The number of aromatic nitrogens is 2. The van der Waals surface area contributed by atoms with Gasteiger partial charge in [-0.2, -0.15) is 16.9 Å². The molecule has 144 valence electrons. The zero-order valence-electron chi connectivity index (χ0n) is 15.0. The third kappa shape index (κ3) is 3.05. The number of para-hydroxylation sites is 1. The number of non-ortho nitro benzene ring substituents is 1. The van der Waals surface area contributed by atoms with Crippen molar-refractivity contribution < 1.29 is 14.1 Å². The number of nitro benzene ring substituents is 1. The Hall–Kier alpha value is -3.59.